The number of carbonyl (C=O) groups excluding carboxylic acids is 1. The predicted molar refractivity (Wildman–Crippen MR) is 116 cm³/mol. The van der Waals surface area contributed by atoms with Crippen molar-refractivity contribution >= 4 is 34.5 Å². The van der Waals surface area contributed by atoms with Crippen LogP contribution in [0.5, 0.6) is 5.75 Å². The molecule has 6 heteroatoms. The second kappa shape index (κ2) is 7.19. The summed E-state index contributed by atoms with van der Waals surface area (Å²) in [4.78, 5) is 25.6. The van der Waals surface area contributed by atoms with E-state index < -0.39 is 41.4 Å². The Balaban J connectivity index is 1.64. The van der Waals surface area contributed by atoms with E-state index in [9.17, 15) is 19.1 Å². The van der Waals surface area contributed by atoms with Gasteiger partial charge in [0.05, 0.1) is 11.8 Å². The molecule has 0 saturated heterocycles. The number of carboxylic acid groups (broad SMARTS) is 1. The van der Waals surface area contributed by atoms with Crippen molar-refractivity contribution in [2.75, 3.05) is 0 Å². The maximum Gasteiger partial charge on any atom is 0.316 e. The number of rotatable bonds is 3. The normalized spacial score (nSPS) is 23.4. The Hall–Kier alpha value is -2.74. The van der Waals surface area contributed by atoms with Gasteiger partial charge in [0.1, 0.15) is 0 Å². The van der Waals surface area contributed by atoms with Crippen LogP contribution in [0.25, 0.3) is 0 Å². The Kier molecular flexibility index (Phi) is 4.61. The smallest absolute Gasteiger partial charge is 0.316 e. The molecule has 3 aromatic carbocycles. The molecule has 3 aliphatic carbocycles. The van der Waals surface area contributed by atoms with Gasteiger partial charge in [-0.15, -0.1) is 0 Å². The number of halogens is 2. The van der Waals surface area contributed by atoms with Crippen molar-refractivity contribution in [2.24, 2.45) is 11.8 Å². The van der Waals surface area contributed by atoms with Gasteiger partial charge in [0.2, 0.25) is 0 Å². The summed E-state index contributed by atoms with van der Waals surface area (Å²) < 4.78 is 20.4. The summed E-state index contributed by atoms with van der Waals surface area (Å²) in [5, 5.41) is 10.1. The molecule has 0 fully saturated rings. The van der Waals surface area contributed by atoms with Crippen LogP contribution in [0.2, 0.25) is 0 Å². The molecule has 30 heavy (non-hydrogen) atoms. The average molecular weight is 514 g/mol. The number of ether oxygens (including phenoxy) is 1. The molecule has 0 radical (unpaired) electrons. The monoisotopic (exact) mass is 514 g/mol. The molecule has 0 saturated carbocycles. The maximum atomic E-state index is 14.3. The quantitative estimate of drug-likeness (QED) is 0.306. The summed E-state index contributed by atoms with van der Waals surface area (Å²) in [5.74, 6) is -5.46. The van der Waals surface area contributed by atoms with Crippen LogP contribution in [-0.2, 0) is 9.59 Å². The zero-order valence-electron chi connectivity index (χ0n) is 15.6. The molecule has 3 aliphatic rings. The summed E-state index contributed by atoms with van der Waals surface area (Å²) in [6.07, 6.45) is 0. The van der Waals surface area contributed by atoms with Gasteiger partial charge in [0.25, 0.3) is 0 Å². The Bertz CT molecular complexity index is 1140. The maximum absolute atomic E-state index is 14.3. The fourth-order valence-electron chi connectivity index (χ4n) is 4.99. The molecular weight excluding hydrogens is 498 g/mol. The van der Waals surface area contributed by atoms with E-state index in [1.807, 2.05) is 71.1 Å². The molecule has 0 amide bonds. The van der Waals surface area contributed by atoms with Gasteiger partial charge in [-0.2, -0.15) is 0 Å². The molecule has 0 aliphatic heterocycles. The van der Waals surface area contributed by atoms with Crippen LogP contribution >= 0.6 is 22.6 Å². The van der Waals surface area contributed by atoms with E-state index in [0.717, 1.165) is 22.3 Å². The summed E-state index contributed by atoms with van der Waals surface area (Å²) >= 11 is 1.97. The second-order valence-corrected chi connectivity index (χ2v) is 8.84. The minimum atomic E-state index is -1.06. The first-order valence-electron chi connectivity index (χ1n) is 9.54. The van der Waals surface area contributed by atoms with Crippen molar-refractivity contribution in [3.8, 4) is 5.75 Å². The van der Waals surface area contributed by atoms with Crippen LogP contribution in [0.3, 0.4) is 0 Å². The van der Waals surface area contributed by atoms with E-state index in [-0.39, 0.29) is 5.75 Å². The molecule has 0 spiro atoms. The van der Waals surface area contributed by atoms with Crippen LogP contribution in [0, 0.1) is 21.2 Å². The SMILES string of the molecule is O=C(O)C1C2c3ccccc3C(c3ccccc32)C1C(=O)Oc1ccc(I)cc1F. The summed E-state index contributed by atoms with van der Waals surface area (Å²) in [5.41, 5.74) is 3.73. The largest absolute Gasteiger partial charge is 0.481 e. The van der Waals surface area contributed by atoms with Crippen LogP contribution in [0.1, 0.15) is 34.1 Å². The van der Waals surface area contributed by atoms with Gasteiger partial charge in [-0.3, -0.25) is 9.59 Å². The number of aliphatic carboxylic acids is 1. The number of hydrogen-bond donors (Lipinski definition) is 1. The molecule has 1 N–H and O–H groups in total. The van der Waals surface area contributed by atoms with Crippen LogP contribution in [0.15, 0.2) is 66.7 Å². The van der Waals surface area contributed by atoms with Crippen LogP contribution in [0.4, 0.5) is 4.39 Å². The van der Waals surface area contributed by atoms with E-state index in [0.29, 0.717) is 3.57 Å². The molecule has 2 bridgehead atoms. The third-order valence-corrected chi connectivity index (χ3v) is 6.77. The first-order chi connectivity index (χ1) is 14.5. The van der Waals surface area contributed by atoms with Crippen molar-refractivity contribution in [1.82, 2.24) is 0 Å². The molecule has 0 heterocycles. The Morgan fingerprint density at radius 3 is 1.80 bits per heavy atom. The van der Waals surface area contributed by atoms with Gasteiger partial charge in [-0.25, -0.2) is 4.39 Å². The zero-order valence-corrected chi connectivity index (χ0v) is 17.7. The third-order valence-electron chi connectivity index (χ3n) is 6.10. The molecule has 2 unspecified atom stereocenters. The van der Waals surface area contributed by atoms with E-state index in [2.05, 4.69) is 0 Å². The summed E-state index contributed by atoms with van der Waals surface area (Å²) in [6, 6.07) is 19.6. The van der Waals surface area contributed by atoms with Crippen molar-refractivity contribution in [1.29, 1.82) is 0 Å². The van der Waals surface area contributed by atoms with Crippen molar-refractivity contribution < 1.29 is 23.8 Å². The molecule has 3 aromatic rings. The van der Waals surface area contributed by atoms with Gasteiger partial charge < -0.3 is 9.84 Å². The predicted octanol–water partition coefficient (Wildman–Crippen LogP) is 4.94. The van der Waals surface area contributed by atoms with Gasteiger partial charge in [0, 0.05) is 15.4 Å². The molecule has 150 valence electrons. The van der Waals surface area contributed by atoms with Gasteiger partial charge >= 0.3 is 11.9 Å². The van der Waals surface area contributed by atoms with Crippen molar-refractivity contribution in [2.45, 2.75) is 11.8 Å². The average Bonchev–Trinajstić information content (AvgIpc) is 2.75. The Morgan fingerprint density at radius 2 is 1.33 bits per heavy atom. The summed E-state index contributed by atoms with van der Waals surface area (Å²) in [7, 11) is 0. The third kappa shape index (κ3) is 2.85. The van der Waals surface area contributed by atoms with E-state index >= 15 is 0 Å². The Labute approximate surface area is 185 Å². The lowest BCUT2D eigenvalue weighted by Crippen LogP contribution is -2.48. The molecule has 4 nitrogen and oxygen atoms in total. The number of hydrogen-bond acceptors (Lipinski definition) is 3. The fraction of sp³-hybridized carbons (Fsp3) is 0.167. The lowest BCUT2D eigenvalue weighted by Gasteiger charge is -2.47. The highest BCUT2D eigenvalue weighted by atomic mass is 127. The van der Waals surface area contributed by atoms with E-state index in [4.69, 9.17) is 4.74 Å². The van der Waals surface area contributed by atoms with Crippen LogP contribution in [-0.4, -0.2) is 17.0 Å². The molecule has 0 aromatic heterocycles. The number of esters is 1. The van der Waals surface area contributed by atoms with Crippen molar-refractivity contribution in [3.63, 3.8) is 0 Å². The van der Waals surface area contributed by atoms with Crippen LogP contribution < -0.4 is 4.74 Å². The highest BCUT2D eigenvalue weighted by Gasteiger charge is 2.56. The number of fused-ring (bicyclic) bond motifs is 1. The molecular formula is C24H16FIO4. The van der Waals surface area contributed by atoms with E-state index in [1.54, 1.807) is 6.07 Å². The fourth-order valence-corrected chi connectivity index (χ4v) is 5.44. The zero-order chi connectivity index (χ0) is 21.0. The first-order valence-corrected chi connectivity index (χ1v) is 10.6. The molecule has 2 atom stereocenters. The number of carbonyl (C=O) groups is 2. The second-order valence-electron chi connectivity index (χ2n) is 7.60. The van der Waals surface area contributed by atoms with Crippen molar-refractivity contribution in [3.05, 3.63) is 98.4 Å². The minimum Gasteiger partial charge on any atom is -0.481 e. The number of carboxylic acids is 1. The highest BCUT2D eigenvalue weighted by Crippen LogP contribution is 2.58. The molecule has 6 rings (SSSR count). The summed E-state index contributed by atoms with van der Waals surface area (Å²) in [6.45, 7) is 0. The van der Waals surface area contributed by atoms with Gasteiger partial charge in [-0.05, 0) is 63.0 Å². The number of benzene rings is 3. The Morgan fingerprint density at radius 1 is 0.833 bits per heavy atom. The topological polar surface area (TPSA) is 63.6 Å². The lowest BCUT2D eigenvalue weighted by molar-refractivity contribution is -0.154. The van der Waals surface area contributed by atoms with E-state index in [1.165, 1.54) is 12.1 Å². The minimum absolute atomic E-state index is 0.187. The highest BCUT2D eigenvalue weighted by molar-refractivity contribution is 14.1. The first kappa shape index (κ1) is 19.2. The van der Waals surface area contributed by atoms with Gasteiger partial charge in [0.15, 0.2) is 11.6 Å². The lowest BCUT2D eigenvalue weighted by atomic mass is 9.54. The standard InChI is InChI=1S/C24H16FIO4/c25-17-11-12(26)9-10-18(17)30-24(29)22-20-15-7-3-1-5-13(15)19(21(22)23(27)28)14-6-2-4-8-16(14)20/h1-11,19-22H,(H,27,28). The van der Waals surface area contributed by atoms with Gasteiger partial charge in [-0.1, -0.05) is 48.5 Å².